The van der Waals surface area contributed by atoms with Gasteiger partial charge in [-0.15, -0.1) is 0 Å². The molecule has 0 saturated carbocycles. The van der Waals surface area contributed by atoms with Crippen LogP contribution in [0.15, 0.2) is 97.6 Å². The largest absolute Gasteiger partial charge is 0.496 e. The normalized spacial score (nSPS) is 20.5. The summed E-state index contributed by atoms with van der Waals surface area (Å²) < 4.78 is 7.85. The Kier molecular flexibility index (Phi) is 6.58. The van der Waals surface area contributed by atoms with Gasteiger partial charge in [0.2, 0.25) is 0 Å². The molecular formula is C31H34N4O. The van der Waals surface area contributed by atoms with Gasteiger partial charge in [0.05, 0.1) is 13.4 Å². The van der Waals surface area contributed by atoms with Crippen molar-refractivity contribution < 1.29 is 4.74 Å². The van der Waals surface area contributed by atoms with Crippen LogP contribution in [-0.2, 0) is 6.54 Å². The Bertz CT molecular complexity index is 1220. The molecule has 0 N–H and O–H groups in total. The molecule has 0 amide bonds. The van der Waals surface area contributed by atoms with Crippen molar-refractivity contribution in [2.24, 2.45) is 0 Å². The molecule has 5 heteroatoms. The summed E-state index contributed by atoms with van der Waals surface area (Å²) >= 11 is 0. The van der Waals surface area contributed by atoms with E-state index in [9.17, 15) is 0 Å². The number of nitrogens with zero attached hydrogens (tertiary/aromatic N) is 4. The molecule has 2 fully saturated rings. The van der Waals surface area contributed by atoms with Crippen molar-refractivity contribution in [2.45, 2.75) is 37.4 Å². The predicted octanol–water partition coefficient (Wildman–Crippen LogP) is 5.36. The first-order valence-electron chi connectivity index (χ1n) is 13.0. The average molecular weight is 479 g/mol. The lowest BCUT2D eigenvalue weighted by Gasteiger charge is -2.47. The number of aromatic nitrogens is 2. The Morgan fingerprint density at radius 2 is 1.69 bits per heavy atom. The summed E-state index contributed by atoms with van der Waals surface area (Å²) in [6.45, 7) is 4.20. The third-order valence-electron chi connectivity index (χ3n) is 7.93. The molecule has 36 heavy (non-hydrogen) atoms. The van der Waals surface area contributed by atoms with Crippen molar-refractivity contribution in [3.8, 4) is 11.4 Å². The Labute approximate surface area is 214 Å². The Hall–Kier alpha value is -3.41. The minimum atomic E-state index is 0.343. The number of hydrogen-bond donors (Lipinski definition) is 0. The summed E-state index contributed by atoms with van der Waals surface area (Å²) in [7, 11) is 1.77. The predicted molar refractivity (Wildman–Crippen MR) is 144 cm³/mol. The fourth-order valence-corrected chi connectivity index (χ4v) is 6.32. The fraction of sp³-hybridized carbons (Fsp3) is 0.323. The van der Waals surface area contributed by atoms with Crippen LogP contribution < -0.4 is 4.74 Å². The zero-order valence-electron chi connectivity index (χ0n) is 20.9. The van der Waals surface area contributed by atoms with E-state index in [1.807, 2.05) is 18.7 Å². The SMILES string of the molecule is COc1ccc(-n2ccnc2)cc1CN1C[C@@H]2CCCN2[C@H](C(c2ccccc2)c2ccccc2)C1. The van der Waals surface area contributed by atoms with Gasteiger partial charge in [-0.2, -0.15) is 0 Å². The number of benzene rings is 3. The van der Waals surface area contributed by atoms with E-state index in [-0.39, 0.29) is 0 Å². The highest BCUT2D eigenvalue weighted by Gasteiger charge is 2.41. The summed E-state index contributed by atoms with van der Waals surface area (Å²) in [5.41, 5.74) is 5.15. The Morgan fingerprint density at radius 1 is 0.944 bits per heavy atom. The van der Waals surface area contributed by atoms with Crippen molar-refractivity contribution in [1.82, 2.24) is 19.4 Å². The molecule has 4 aromatic rings. The molecule has 0 bridgehead atoms. The molecule has 5 nitrogen and oxygen atoms in total. The van der Waals surface area contributed by atoms with Gasteiger partial charge < -0.3 is 9.30 Å². The topological polar surface area (TPSA) is 33.5 Å². The van der Waals surface area contributed by atoms with Gasteiger partial charge in [0.15, 0.2) is 0 Å². The minimum absolute atomic E-state index is 0.343. The number of piperazine rings is 1. The van der Waals surface area contributed by atoms with Crippen LogP contribution in [-0.4, -0.2) is 58.2 Å². The quantitative estimate of drug-likeness (QED) is 0.358. The van der Waals surface area contributed by atoms with Gasteiger partial charge in [-0.3, -0.25) is 9.80 Å². The van der Waals surface area contributed by atoms with Crippen molar-refractivity contribution in [3.63, 3.8) is 0 Å². The van der Waals surface area contributed by atoms with Crippen LogP contribution in [0.2, 0.25) is 0 Å². The number of imidazole rings is 1. The van der Waals surface area contributed by atoms with Crippen molar-refractivity contribution >= 4 is 0 Å². The molecule has 2 aliphatic heterocycles. The van der Waals surface area contributed by atoms with E-state index >= 15 is 0 Å². The molecular weight excluding hydrogens is 444 g/mol. The molecule has 3 aromatic carbocycles. The van der Waals surface area contributed by atoms with Crippen molar-refractivity contribution in [2.75, 3.05) is 26.7 Å². The number of rotatable bonds is 7. The van der Waals surface area contributed by atoms with Crippen molar-refractivity contribution in [3.05, 3.63) is 114 Å². The molecule has 2 aliphatic rings. The molecule has 0 radical (unpaired) electrons. The maximum atomic E-state index is 5.80. The molecule has 0 spiro atoms. The first-order valence-corrected chi connectivity index (χ1v) is 13.0. The van der Waals surface area contributed by atoms with Crippen LogP contribution in [0.25, 0.3) is 5.69 Å². The van der Waals surface area contributed by atoms with Crippen LogP contribution in [0, 0.1) is 0 Å². The van der Waals surface area contributed by atoms with Gasteiger partial charge >= 0.3 is 0 Å². The first-order chi connectivity index (χ1) is 17.8. The fourth-order valence-electron chi connectivity index (χ4n) is 6.32. The van der Waals surface area contributed by atoms with Gasteiger partial charge in [-0.05, 0) is 48.7 Å². The van der Waals surface area contributed by atoms with E-state index in [4.69, 9.17) is 4.74 Å². The van der Waals surface area contributed by atoms with Gasteiger partial charge in [0.1, 0.15) is 5.75 Å². The zero-order valence-corrected chi connectivity index (χ0v) is 20.9. The van der Waals surface area contributed by atoms with E-state index in [0.29, 0.717) is 18.0 Å². The van der Waals surface area contributed by atoms with E-state index in [1.165, 1.54) is 36.1 Å². The summed E-state index contributed by atoms with van der Waals surface area (Å²) in [6, 6.07) is 29.7. The summed E-state index contributed by atoms with van der Waals surface area (Å²) in [6.07, 6.45) is 8.22. The Balaban J connectivity index is 1.34. The van der Waals surface area contributed by atoms with Crippen LogP contribution in [0.1, 0.15) is 35.4 Å². The molecule has 0 aliphatic carbocycles. The van der Waals surface area contributed by atoms with E-state index < -0.39 is 0 Å². The van der Waals surface area contributed by atoms with Crippen LogP contribution in [0.5, 0.6) is 5.75 Å². The second kappa shape index (κ2) is 10.3. The highest BCUT2D eigenvalue weighted by Crippen LogP contribution is 2.38. The molecule has 184 valence electrons. The molecule has 6 rings (SSSR count). The van der Waals surface area contributed by atoms with Gasteiger partial charge in [0.25, 0.3) is 0 Å². The lowest BCUT2D eigenvalue weighted by atomic mass is 9.82. The molecule has 2 atom stereocenters. The first kappa shape index (κ1) is 23.0. The van der Waals surface area contributed by atoms with Crippen LogP contribution >= 0.6 is 0 Å². The number of methoxy groups -OCH3 is 1. The number of ether oxygens (including phenoxy) is 1. The highest BCUT2D eigenvalue weighted by molar-refractivity contribution is 5.44. The number of fused-ring (bicyclic) bond motifs is 1. The lowest BCUT2D eigenvalue weighted by Crippen LogP contribution is -2.57. The summed E-state index contributed by atoms with van der Waals surface area (Å²) in [5, 5.41) is 0. The average Bonchev–Trinajstić information content (AvgIpc) is 3.63. The van der Waals surface area contributed by atoms with E-state index in [0.717, 1.165) is 31.1 Å². The smallest absolute Gasteiger partial charge is 0.123 e. The second-order valence-corrected chi connectivity index (χ2v) is 10.1. The van der Waals surface area contributed by atoms with Crippen molar-refractivity contribution in [1.29, 1.82) is 0 Å². The zero-order chi connectivity index (χ0) is 24.3. The summed E-state index contributed by atoms with van der Waals surface area (Å²) in [4.78, 5) is 9.69. The summed E-state index contributed by atoms with van der Waals surface area (Å²) in [5.74, 6) is 1.29. The Morgan fingerprint density at radius 3 is 2.36 bits per heavy atom. The molecule has 1 aromatic heterocycles. The van der Waals surface area contributed by atoms with Gasteiger partial charge in [0, 0.05) is 61.3 Å². The lowest BCUT2D eigenvalue weighted by molar-refractivity contribution is 0.0380. The molecule has 0 unspecified atom stereocenters. The third kappa shape index (κ3) is 4.57. The molecule has 3 heterocycles. The highest BCUT2D eigenvalue weighted by atomic mass is 16.5. The van der Waals surface area contributed by atoms with E-state index in [2.05, 4.69) is 98.2 Å². The standard InChI is InChI=1S/C31H34N4O/c1-36-30-15-14-27(34-18-16-32-23-34)19-26(30)20-33-21-28-13-8-17-35(28)29(22-33)31(24-9-4-2-5-10-24)25-11-6-3-7-12-25/h2-7,9-12,14-16,18-19,23,28-29,31H,8,13,17,20-22H2,1H3/t28-,29-/m0/s1. The van der Waals surface area contributed by atoms with Crippen LogP contribution in [0.3, 0.4) is 0 Å². The maximum absolute atomic E-state index is 5.80. The monoisotopic (exact) mass is 478 g/mol. The second-order valence-electron chi connectivity index (χ2n) is 10.1. The maximum Gasteiger partial charge on any atom is 0.123 e. The van der Waals surface area contributed by atoms with E-state index in [1.54, 1.807) is 7.11 Å². The third-order valence-corrected chi connectivity index (χ3v) is 7.93. The number of hydrogen-bond acceptors (Lipinski definition) is 4. The van der Waals surface area contributed by atoms with Gasteiger partial charge in [-0.1, -0.05) is 60.7 Å². The van der Waals surface area contributed by atoms with Crippen LogP contribution in [0.4, 0.5) is 0 Å². The molecule has 2 saturated heterocycles. The minimum Gasteiger partial charge on any atom is -0.496 e. The van der Waals surface area contributed by atoms with Gasteiger partial charge in [-0.25, -0.2) is 4.98 Å².